The first-order valence-electron chi connectivity index (χ1n) is 12.5. The van der Waals surface area contributed by atoms with Crippen LogP contribution in [0.2, 0.25) is 0 Å². The molecular formula is C28H30FN7O2. The smallest absolute Gasteiger partial charge is 0.270 e. The van der Waals surface area contributed by atoms with Gasteiger partial charge in [0.1, 0.15) is 40.3 Å². The van der Waals surface area contributed by atoms with Crippen LogP contribution in [0.4, 0.5) is 10.1 Å². The first-order valence-corrected chi connectivity index (χ1v) is 12.5. The van der Waals surface area contributed by atoms with Gasteiger partial charge in [-0.25, -0.2) is 9.37 Å². The van der Waals surface area contributed by atoms with Crippen LogP contribution >= 0.6 is 0 Å². The number of hydrogen-bond acceptors (Lipinski definition) is 8. The number of aromatic nitrogens is 3. The quantitative estimate of drug-likeness (QED) is 0.364. The monoisotopic (exact) mass is 515 g/mol. The zero-order valence-electron chi connectivity index (χ0n) is 22.2. The first kappa shape index (κ1) is 26.7. The zero-order chi connectivity index (χ0) is 27.6. The second-order valence-electron chi connectivity index (χ2n) is 10.6. The summed E-state index contributed by atoms with van der Waals surface area (Å²) in [7, 11) is 3.45. The Hall–Kier alpha value is -4.31. The molecule has 38 heavy (non-hydrogen) atoms. The van der Waals surface area contributed by atoms with E-state index < -0.39 is 17.0 Å². The lowest BCUT2D eigenvalue weighted by Gasteiger charge is -2.37. The van der Waals surface area contributed by atoms with Crippen molar-refractivity contribution in [2.75, 3.05) is 11.9 Å². The van der Waals surface area contributed by atoms with Crippen LogP contribution in [0.25, 0.3) is 11.0 Å². The Morgan fingerprint density at radius 2 is 1.89 bits per heavy atom. The van der Waals surface area contributed by atoms with Gasteiger partial charge in [0.2, 0.25) is 0 Å². The molecule has 1 aliphatic carbocycles. The van der Waals surface area contributed by atoms with Crippen molar-refractivity contribution < 1.29 is 9.23 Å². The molecule has 9 nitrogen and oxygen atoms in total. The zero-order valence-corrected chi connectivity index (χ0v) is 22.2. The number of pyridine rings is 3. The number of anilines is 1. The maximum atomic E-state index is 14.0. The number of oxime groups is 1. The van der Waals surface area contributed by atoms with Crippen LogP contribution in [0.5, 0.6) is 0 Å². The summed E-state index contributed by atoms with van der Waals surface area (Å²) in [5, 5.41) is 23.7. The molecule has 3 aromatic rings. The summed E-state index contributed by atoms with van der Waals surface area (Å²) in [5.74, 6) is -0.421. The third-order valence-electron chi connectivity index (χ3n) is 6.84. The first-order chi connectivity index (χ1) is 18.0. The number of halogens is 1. The van der Waals surface area contributed by atoms with Gasteiger partial charge in [-0.1, -0.05) is 5.16 Å². The van der Waals surface area contributed by atoms with E-state index in [-0.39, 0.29) is 23.2 Å². The number of fused-ring (bicyclic) bond motifs is 1. The van der Waals surface area contributed by atoms with Crippen molar-refractivity contribution >= 4 is 22.4 Å². The number of nitrogens with zero attached hydrogens (tertiary/aromatic N) is 7. The van der Waals surface area contributed by atoms with Crippen molar-refractivity contribution in [3.63, 3.8) is 0 Å². The fraction of sp³-hybridized carbons (Fsp3) is 0.429. The maximum Gasteiger partial charge on any atom is 0.270 e. The lowest BCUT2D eigenvalue weighted by Crippen LogP contribution is -2.39. The summed E-state index contributed by atoms with van der Waals surface area (Å²) >= 11 is 0. The summed E-state index contributed by atoms with van der Waals surface area (Å²) in [4.78, 5) is 29.1. The summed E-state index contributed by atoms with van der Waals surface area (Å²) in [6.45, 7) is 5.70. The summed E-state index contributed by atoms with van der Waals surface area (Å²) < 4.78 is 15.4. The minimum absolute atomic E-state index is 0.00104. The van der Waals surface area contributed by atoms with Gasteiger partial charge in [-0.05, 0) is 64.7 Å². The molecule has 1 aliphatic rings. The molecule has 0 aromatic carbocycles. The van der Waals surface area contributed by atoms with Crippen LogP contribution in [-0.4, -0.2) is 38.9 Å². The van der Waals surface area contributed by atoms with Gasteiger partial charge < -0.3 is 14.3 Å². The molecular weight excluding hydrogens is 485 g/mol. The number of aryl methyl sites for hydroxylation is 1. The third kappa shape index (κ3) is 5.35. The minimum atomic E-state index is -0.507. The molecule has 1 fully saturated rings. The average molecular weight is 516 g/mol. The summed E-state index contributed by atoms with van der Waals surface area (Å²) in [5.41, 5.74) is 1.97. The van der Waals surface area contributed by atoms with Crippen LogP contribution < -0.4 is 10.5 Å². The molecule has 0 atom stereocenters. The Balaban J connectivity index is 1.66. The predicted molar refractivity (Wildman–Crippen MR) is 142 cm³/mol. The second-order valence-corrected chi connectivity index (χ2v) is 10.6. The molecule has 0 aliphatic heterocycles. The van der Waals surface area contributed by atoms with Gasteiger partial charge in [0.25, 0.3) is 5.56 Å². The Labute approximate surface area is 220 Å². The van der Waals surface area contributed by atoms with Crippen LogP contribution in [0, 0.1) is 34.4 Å². The molecule has 3 heterocycles. The van der Waals surface area contributed by atoms with Crippen molar-refractivity contribution in [2.45, 2.75) is 58.1 Å². The van der Waals surface area contributed by atoms with Gasteiger partial charge in [-0.3, -0.25) is 9.78 Å². The second kappa shape index (κ2) is 10.6. The van der Waals surface area contributed by atoms with Crippen LogP contribution in [0.15, 0.2) is 40.5 Å². The van der Waals surface area contributed by atoms with Crippen molar-refractivity contribution in [2.24, 2.45) is 18.1 Å². The molecule has 0 bridgehead atoms. The minimum Gasteiger partial charge on any atom is -0.390 e. The fourth-order valence-corrected chi connectivity index (χ4v) is 4.92. The maximum absolute atomic E-state index is 14.0. The molecule has 1 saturated carbocycles. The lowest BCUT2D eigenvalue weighted by molar-refractivity contribution is -0.0000343. The highest BCUT2D eigenvalue weighted by Gasteiger charge is 2.31. The molecule has 3 aromatic heterocycles. The van der Waals surface area contributed by atoms with E-state index in [0.717, 1.165) is 31.9 Å². The van der Waals surface area contributed by atoms with Crippen LogP contribution in [-0.2, 0) is 11.9 Å². The molecule has 4 rings (SSSR count). The highest BCUT2D eigenvalue weighted by Crippen LogP contribution is 2.35. The normalized spacial score (nSPS) is 18.1. The van der Waals surface area contributed by atoms with E-state index in [1.807, 2.05) is 38.8 Å². The van der Waals surface area contributed by atoms with Gasteiger partial charge in [0, 0.05) is 37.8 Å². The SMILES string of the molecule is CN(c1c(C#N)c(=O)n(C)c2ccc(C#N)nc12)C1CCC(/C(=N/OC(C)(C)C)c2cncc(F)c2)CC1. The van der Waals surface area contributed by atoms with Gasteiger partial charge in [-0.15, -0.1) is 0 Å². The van der Waals surface area contributed by atoms with Crippen molar-refractivity contribution in [3.8, 4) is 12.1 Å². The van der Waals surface area contributed by atoms with Crippen LogP contribution in [0.3, 0.4) is 0 Å². The molecule has 10 heteroatoms. The van der Waals surface area contributed by atoms with E-state index in [1.165, 1.54) is 10.6 Å². The molecule has 0 saturated heterocycles. The van der Waals surface area contributed by atoms with E-state index in [4.69, 9.17) is 4.84 Å². The van der Waals surface area contributed by atoms with Crippen LogP contribution in [0.1, 0.15) is 63.3 Å². The molecule has 0 amide bonds. The molecule has 0 radical (unpaired) electrons. The number of nitriles is 2. The highest BCUT2D eigenvalue weighted by atomic mass is 19.1. The molecule has 0 N–H and O–H groups in total. The van der Waals surface area contributed by atoms with Gasteiger partial charge in [-0.2, -0.15) is 10.5 Å². The topological polar surface area (TPSA) is 120 Å². The highest BCUT2D eigenvalue weighted by molar-refractivity contribution is 6.01. The van der Waals surface area contributed by atoms with E-state index in [1.54, 1.807) is 25.4 Å². The van der Waals surface area contributed by atoms with Crippen molar-refractivity contribution in [1.82, 2.24) is 14.5 Å². The predicted octanol–water partition coefficient (Wildman–Crippen LogP) is 4.43. The van der Waals surface area contributed by atoms with E-state index in [2.05, 4.69) is 21.2 Å². The standard InChI is InChI=1S/C28H30FN7O2/c1-28(2,3)38-34-24(18-12-19(29)16-32-15-18)17-6-9-21(10-7-17)35(4)26-22(14-31)27(37)36(5)23-11-8-20(13-30)33-25(23)26/h8,11-12,15-17,21H,6-7,9-10H2,1-5H3/b34-24-. The Morgan fingerprint density at radius 3 is 2.50 bits per heavy atom. The van der Waals surface area contributed by atoms with E-state index in [0.29, 0.717) is 28.0 Å². The largest absolute Gasteiger partial charge is 0.390 e. The molecule has 196 valence electrons. The Bertz CT molecular complexity index is 1530. The Morgan fingerprint density at radius 1 is 1.18 bits per heavy atom. The average Bonchev–Trinajstić information content (AvgIpc) is 2.89. The number of hydrogen-bond donors (Lipinski definition) is 0. The summed E-state index contributed by atoms with van der Waals surface area (Å²) in [6, 6.07) is 8.77. The molecule has 0 spiro atoms. The van der Waals surface area contributed by atoms with Gasteiger partial charge in [0.15, 0.2) is 0 Å². The van der Waals surface area contributed by atoms with Gasteiger partial charge >= 0.3 is 0 Å². The van der Waals surface area contributed by atoms with Crippen molar-refractivity contribution in [1.29, 1.82) is 10.5 Å². The van der Waals surface area contributed by atoms with Gasteiger partial charge in [0.05, 0.1) is 23.1 Å². The third-order valence-corrected chi connectivity index (χ3v) is 6.84. The Kier molecular flexibility index (Phi) is 7.45. The van der Waals surface area contributed by atoms with Crippen molar-refractivity contribution in [3.05, 3.63) is 63.6 Å². The van der Waals surface area contributed by atoms with E-state index in [9.17, 15) is 19.7 Å². The summed E-state index contributed by atoms with van der Waals surface area (Å²) in [6.07, 6.45) is 5.69. The molecule has 0 unspecified atom stereocenters. The fourth-order valence-electron chi connectivity index (χ4n) is 4.92. The lowest BCUT2D eigenvalue weighted by atomic mass is 9.80. The van der Waals surface area contributed by atoms with E-state index >= 15 is 0 Å². The number of rotatable bonds is 5.